The van der Waals surface area contributed by atoms with Crippen LogP contribution >= 0.6 is 0 Å². The monoisotopic (exact) mass is 276 g/mol. The summed E-state index contributed by atoms with van der Waals surface area (Å²) in [5, 5.41) is 3.04. The molecule has 19 heavy (non-hydrogen) atoms. The molecule has 1 aromatic rings. The lowest BCUT2D eigenvalue weighted by atomic mass is 10.0. The van der Waals surface area contributed by atoms with Crippen LogP contribution in [0.1, 0.15) is 26.7 Å². The highest BCUT2D eigenvalue weighted by atomic mass is 19.3. The van der Waals surface area contributed by atoms with Crippen molar-refractivity contribution in [1.29, 1.82) is 0 Å². The van der Waals surface area contributed by atoms with Gasteiger partial charge >= 0.3 is 6.61 Å². The van der Waals surface area contributed by atoms with Crippen LogP contribution in [0.3, 0.4) is 0 Å². The van der Waals surface area contributed by atoms with Gasteiger partial charge in [0.1, 0.15) is 0 Å². The molecule has 1 rings (SSSR count). The lowest BCUT2D eigenvalue weighted by molar-refractivity contribution is -0.0521. The van der Waals surface area contributed by atoms with E-state index in [0.717, 1.165) is 18.9 Å². The highest BCUT2D eigenvalue weighted by molar-refractivity contribution is 5.68. The molecule has 0 fully saturated rings. The average molecular weight is 276 g/mol. The minimum absolute atomic E-state index is 0.171. The van der Waals surface area contributed by atoms with Gasteiger partial charge in [0, 0.05) is 18.7 Å². The summed E-state index contributed by atoms with van der Waals surface area (Å²) >= 11 is 0. The topological polar surface area (TPSA) is 47.3 Å². The summed E-state index contributed by atoms with van der Waals surface area (Å²) in [5.41, 5.74) is 6.22. The van der Waals surface area contributed by atoms with Crippen LogP contribution in [0.4, 0.5) is 24.5 Å². The van der Waals surface area contributed by atoms with Crippen LogP contribution in [0, 0.1) is 11.7 Å². The van der Waals surface area contributed by atoms with Crippen LogP contribution in [-0.4, -0.2) is 13.2 Å². The SMILES string of the molecule is CCC(CC)CNc1cc(OC(F)F)c(F)cc1N. The molecule has 108 valence electrons. The molecule has 3 nitrogen and oxygen atoms in total. The Labute approximate surface area is 110 Å². The zero-order chi connectivity index (χ0) is 14.4. The number of nitrogens with two attached hydrogens (primary N) is 1. The Morgan fingerprint density at radius 2 is 1.89 bits per heavy atom. The van der Waals surface area contributed by atoms with Crippen molar-refractivity contribution in [1.82, 2.24) is 0 Å². The van der Waals surface area contributed by atoms with Crippen molar-refractivity contribution in [2.75, 3.05) is 17.6 Å². The Hall–Kier alpha value is -1.59. The minimum Gasteiger partial charge on any atom is -0.432 e. The number of nitrogen functional groups attached to an aromatic ring is 1. The van der Waals surface area contributed by atoms with Crippen LogP contribution in [0.25, 0.3) is 0 Å². The van der Waals surface area contributed by atoms with Crippen molar-refractivity contribution in [2.45, 2.75) is 33.3 Å². The molecule has 0 radical (unpaired) electrons. The zero-order valence-corrected chi connectivity index (χ0v) is 11.1. The van der Waals surface area contributed by atoms with Crippen molar-refractivity contribution in [2.24, 2.45) is 5.92 Å². The molecule has 0 atom stereocenters. The van der Waals surface area contributed by atoms with Gasteiger partial charge in [-0.3, -0.25) is 0 Å². The number of rotatable bonds is 7. The van der Waals surface area contributed by atoms with Gasteiger partial charge < -0.3 is 15.8 Å². The third kappa shape index (κ3) is 4.54. The molecule has 1 aromatic carbocycles. The van der Waals surface area contributed by atoms with Crippen LogP contribution in [0.15, 0.2) is 12.1 Å². The second kappa shape index (κ2) is 7.11. The van der Waals surface area contributed by atoms with Gasteiger partial charge in [0.2, 0.25) is 0 Å². The molecular formula is C13H19F3N2O. The molecule has 6 heteroatoms. The van der Waals surface area contributed by atoms with Crippen molar-refractivity contribution in [3.8, 4) is 5.75 Å². The van der Waals surface area contributed by atoms with Crippen LogP contribution in [0.2, 0.25) is 0 Å². The first kappa shape index (κ1) is 15.5. The van der Waals surface area contributed by atoms with E-state index in [1.165, 1.54) is 6.07 Å². The Bertz CT molecular complexity index is 409. The number of hydrogen-bond acceptors (Lipinski definition) is 3. The normalized spacial score (nSPS) is 11.1. The summed E-state index contributed by atoms with van der Waals surface area (Å²) < 4.78 is 41.7. The molecule has 3 N–H and O–H groups in total. The first-order valence-electron chi connectivity index (χ1n) is 6.25. The van der Waals surface area contributed by atoms with Gasteiger partial charge in [-0.2, -0.15) is 8.78 Å². The van der Waals surface area contributed by atoms with Gasteiger partial charge in [-0.1, -0.05) is 26.7 Å². The molecule has 0 heterocycles. The van der Waals surface area contributed by atoms with Crippen LogP contribution in [0.5, 0.6) is 5.75 Å². The zero-order valence-electron chi connectivity index (χ0n) is 11.1. The second-order valence-corrected chi connectivity index (χ2v) is 4.31. The van der Waals surface area contributed by atoms with Crippen LogP contribution < -0.4 is 15.8 Å². The summed E-state index contributed by atoms with van der Waals surface area (Å²) in [6.07, 6.45) is 1.98. The van der Waals surface area contributed by atoms with E-state index < -0.39 is 18.2 Å². The molecule has 0 aliphatic carbocycles. The summed E-state index contributed by atoms with van der Waals surface area (Å²) in [6.45, 7) is 1.71. The maximum Gasteiger partial charge on any atom is 0.387 e. The third-order valence-corrected chi connectivity index (χ3v) is 3.06. The number of halogens is 3. The van der Waals surface area contributed by atoms with Crippen molar-refractivity contribution in [3.05, 3.63) is 17.9 Å². The Morgan fingerprint density at radius 1 is 1.26 bits per heavy atom. The first-order chi connectivity index (χ1) is 8.97. The summed E-state index contributed by atoms with van der Waals surface area (Å²) in [6, 6.07) is 2.14. The molecule has 0 unspecified atom stereocenters. The van der Waals surface area contributed by atoms with E-state index in [1.807, 2.05) is 0 Å². The molecule has 0 bridgehead atoms. The van der Waals surface area contributed by atoms with E-state index in [4.69, 9.17) is 5.73 Å². The smallest absolute Gasteiger partial charge is 0.387 e. The van der Waals surface area contributed by atoms with Gasteiger partial charge in [0.25, 0.3) is 0 Å². The van der Waals surface area contributed by atoms with Crippen molar-refractivity contribution in [3.63, 3.8) is 0 Å². The minimum atomic E-state index is -3.06. The fraction of sp³-hybridized carbons (Fsp3) is 0.538. The highest BCUT2D eigenvalue weighted by Gasteiger charge is 2.14. The maximum absolute atomic E-state index is 13.4. The van der Waals surface area contributed by atoms with E-state index in [9.17, 15) is 13.2 Å². The lowest BCUT2D eigenvalue weighted by Crippen LogP contribution is -2.14. The molecule has 0 saturated carbocycles. The summed E-state index contributed by atoms with van der Waals surface area (Å²) in [7, 11) is 0. The van der Waals surface area contributed by atoms with Crippen molar-refractivity contribution >= 4 is 11.4 Å². The molecule has 0 saturated heterocycles. The fourth-order valence-corrected chi connectivity index (χ4v) is 1.74. The van der Waals surface area contributed by atoms with E-state index >= 15 is 0 Å². The van der Waals surface area contributed by atoms with Gasteiger partial charge in [0.15, 0.2) is 11.6 Å². The number of nitrogens with one attached hydrogen (secondary N) is 1. The Kier molecular flexibility index (Phi) is 5.79. The maximum atomic E-state index is 13.4. The highest BCUT2D eigenvalue weighted by Crippen LogP contribution is 2.29. The second-order valence-electron chi connectivity index (χ2n) is 4.31. The number of alkyl halides is 2. The Balaban J connectivity index is 2.82. The average Bonchev–Trinajstić information content (AvgIpc) is 2.35. The number of anilines is 2. The fourth-order valence-electron chi connectivity index (χ4n) is 1.74. The van der Waals surface area contributed by atoms with E-state index in [2.05, 4.69) is 23.9 Å². The molecule has 0 aliphatic heterocycles. The van der Waals surface area contributed by atoms with Crippen LogP contribution in [-0.2, 0) is 0 Å². The number of hydrogen-bond donors (Lipinski definition) is 2. The standard InChI is InChI=1S/C13H19F3N2O/c1-3-8(4-2)7-18-11-6-12(19-13(15)16)9(14)5-10(11)17/h5-6,8,13,18H,3-4,7,17H2,1-2H3. The van der Waals surface area contributed by atoms with E-state index in [0.29, 0.717) is 18.2 Å². The quantitative estimate of drug-likeness (QED) is 0.743. The molecule has 0 aliphatic rings. The first-order valence-corrected chi connectivity index (χ1v) is 6.25. The third-order valence-electron chi connectivity index (χ3n) is 3.06. The van der Waals surface area contributed by atoms with Gasteiger partial charge in [-0.25, -0.2) is 4.39 Å². The molecule has 0 aromatic heterocycles. The van der Waals surface area contributed by atoms with E-state index in [1.54, 1.807) is 0 Å². The summed E-state index contributed by atoms with van der Waals surface area (Å²) in [4.78, 5) is 0. The largest absolute Gasteiger partial charge is 0.432 e. The molecule has 0 amide bonds. The number of benzene rings is 1. The Morgan fingerprint density at radius 3 is 2.42 bits per heavy atom. The molecule has 0 spiro atoms. The predicted octanol–water partition coefficient (Wildman–Crippen LogP) is 3.86. The number of ether oxygens (including phenoxy) is 1. The molecular weight excluding hydrogens is 257 g/mol. The van der Waals surface area contributed by atoms with Gasteiger partial charge in [-0.15, -0.1) is 0 Å². The van der Waals surface area contributed by atoms with Gasteiger partial charge in [0.05, 0.1) is 11.4 Å². The lowest BCUT2D eigenvalue weighted by Gasteiger charge is -2.17. The van der Waals surface area contributed by atoms with E-state index in [-0.39, 0.29) is 5.69 Å². The summed E-state index contributed by atoms with van der Waals surface area (Å²) in [5.74, 6) is -0.953. The predicted molar refractivity (Wildman–Crippen MR) is 70.0 cm³/mol. The van der Waals surface area contributed by atoms with Gasteiger partial charge in [-0.05, 0) is 5.92 Å². The van der Waals surface area contributed by atoms with Crippen molar-refractivity contribution < 1.29 is 17.9 Å².